The van der Waals surface area contributed by atoms with E-state index in [2.05, 4.69) is 0 Å². The fourth-order valence-corrected chi connectivity index (χ4v) is 0.0758. The minimum absolute atomic E-state index is 0. The zero-order valence-electron chi connectivity index (χ0n) is 3.97. The molecule has 0 saturated heterocycles. The number of rotatable bonds is 1. The Kier molecular flexibility index (Phi) is 12.7. The first kappa shape index (κ1) is 19.4. The molecule has 11 heavy (non-hydrogen) atoms. The Balaban J connectivity index is -0.000000320. The van der Waals surface area contributed by atoms with Gasteiger partial charge in [0, 0.05) is 0 Å². The Labute approximate surface area is 144 Å². The molecular formula is C3H4F6K2. The van der Waals surface area contributed by atoms with Gasteiger partial charge in [0.15, 0.2) is 6.67 Å². The number of hydrogen-bond acceptors (Lipinski definition) is 0. The normalized spacial score (nSPS) is 11.5. The zero-order valence-corrected chi connectivity index (χ0v) is 3.97. The van der Waals surface area contributed by atoms with E-state index in [0.29, 0.717) is 0 Å². The molecule has 0 N–H and O–H groups in total. The third kappa shape index (κ3) is 6.86. The first-order valence-corrected chi connectivity index (χ1v) is 1.82. The molecule has 0 aromatic carbocycles. The fourth-order valence-electron chi connectivity index (χ4n) is 0.0758. The summed E-state index contributed by atoms with van der Waals surface area (Å²) in [5, 5.41) is 0. The topological polar surface area (TPSA) is 0 Å². The molecule has 8 heteroatoms. The third-order valence-electron chi connectivity index (χ3n) is 0.583. The van der Waals surface area contributed by atoms with Crippen molar-refractivity contribution < 1.29 is 26.3 Å². The number of alkyl halides is 6. The first-order chi connectivity index (χ1) is 3.81. The summed E-state index contributed by atoms with van der Waals surface area (Å²) in [5.41, 5.74) is 0. The molecule has 0 fully saturated rings. The zero-order chi connectivity index (χ0) is 7.71. The molecule has 0 heterocycles. The average molecular weight is 232 g/mol. The van der Waals surface area contributed by atoms with Crippen LogP contribution in [-0.4, -0.2) is 122 Å². The van der Waals surface area contributed by atoms with E-state index in [-0.39, 0.29) is 103 Å². The molecule has 0 bridgehead atoms. The molecule has 60 valence electrons. The summed E-state index contributed by atoms with van der Waals surface area (Å²) in [4.78, 5) is 0. The van der Waals surface area contributed by atoms with Gasteiger partial charge in [0.05, 0.1) is 0 Å². The van der Waals surface area contributed by atoms with Gasteiger partial charge in [0.25, 0.3) is 0 Å². The number of hydrogen-bond donors (Lipinski definition) is 0. The van der Waals surface area contributed by atoms with E-state index >= 15 is 0 Å². The standard InChI is InChI=1S/C3H2F6.2K.2H/c4-1-2(5,6)3(7,8)9;;;;/h1H2;;;;. The van der Waals surface area contributed by atoms with Crippen LogP contribution in [0.15, 0.2) is 0 Å². The van der Waals surface area contributed by atoms with Crippen LogP contribution in [0.2, 0.25) is 0 Å². The van der Waals surface area contributed by atoms with Crippen molar-refractivity contribution in [2.45, 2.75) is 12.1 Å². The molecule has 0 aliphatic heterocycles. The van der Waals surface area contributed by atoms with E-state index in [9.17, 15) is 26.3 Å². The summed E-state index contributed by atoms with van der Waals surface area (Å²) in [6.07, 6.45) is -5.76. The van der Waals surface area contributed by atoms with Crippen LogP contribution in [0.1, 0.15) is 0 Å². The summed E-state index contributed by atoms with van der Waals surface area (Å²) in [6.45, 7) is -2.70. The molecule has 0 aliphatic carbocycles. The van der Waals surface area contributed by atoms with Crippen LogP contribution in [0.4, 0.5) is 26.3 Å². The first-order valence-electron chi connectivity index (χ1n) is 1.82. The van der Waals surface area contributed by atoms with Gasteiger partial charge in [-0.2, -0.15) is 22.0 Å². The van der Waals surface area contributed by atoms with E-state index < -0.39 is 18.8 Å². The van der Waals surface area contributed by atoms with Gasteiger partial charge in [0.1, 0.15) is 0 Å². The minimum atomic E-state index is -5.76. The molecule has 0 saturated carbocycles. The molecular weight excluding hydrogens is 228 g/mol. The average Bonchev–Trinajstić information content (AvgIpc) is 1.64. The van der Waals surface area contributed by atoms with E-state index in [1.165, 1.54) is 0 Å². The monoisotopic (exact) mass is 232 g/mol. The Morgan fingerprint density at radius 1 is 0.818 bits per heavy atom. The van der Waals surface area contributed by atoms with E-state index in [1.54, 1.807) is 0 Å². The summed E-state index contributed by atoms with van der Waals surface area (Å²) in [5.74, 6) is -5.19. The Hall–Kier alpha value is 2.85. The van der Waals surface area contributed by atoms with Crippen molar-refractivity contribution in [3.05, 3.63) is 0 Å². The molecule has 0 rings (SSSR count). The van der Waals surface area contributed by atoms with Crippen LogP contribution in [-0.2, 0) is 0 Å². The molecule has 0 atom stereocenters. The van der Waals surface area contributed by atoms with Gasteiger partial charge in [0.2, 0.25) is 0 Å². The van der Waals surface area contributed by atoms with Gasteiger partial charge in [-0.15, -0.1) is 0 Å². The van der Waals surface area contributed by atoms with Crippen molar-refractivity contribution in [1.29, 1.82) is 0 Å². The van der Waals surface area contributed by atoms with Crippen LogP contribution in [0.25, 0.3) is 0 Å². The van der Waals surface area contributed by atoms with E-state index in [1.807, 2.05) is 0 Å². The van der Waals surface area contributed by atoms with Crippen LogP contribution in [0.3, 0.4) is 0 Å². The fraction of sp³-hybridized carbons (Fsp3) is 1.00. The Morgan fingerprint density at radius 2 is 1.09 bits per heavy atom. The predicted molar refractivity (Wildman–Crippen MR) is 31.3 cm³/mol. The molecule has 0 amide bonds. The maximum atomic E-state index is 11.2. The Morgan fingerprint density at radius 3 is 1.09 bits per heavy atom. The summed E-state index contributed by atoms with van der Waals surface area (Å²) < 4.78 is 65.6. The molecule has 0 radical (unpaired) electrons. The van der Waals surface area contributed by atoms with Gasteiger partial charge in [-0.05, 0) is 0 Å². The van der Waals surface area contributed by atoms with Crippen molar-refractivity contribution in [2.24, 2.45) is 0 Å². The van der Waals surface area contributed by atoms with Crippen molar-refractivity contribution >= 4 is 103 Å². The predicted octanol–water partition coefficient (Wildman–Crippen LogP) is 0.856. The van der Waals surface area contributed by atoms with E-state index in [4.69, 9.17) is 0 Å². The van der Waals surface area contributed by atoms with Crippen molar-refractivity contribution in [2.75, 3.05) is 6.67 Å². The van der Waals surface area contributed by atoms with Crippen molar-refractivity contribution in [1.82, 2.24) is 0 Å². The van der Waals surface area contributed by atoms with Crippen LogP contribution < -0.4 is 0 Å². The van der Waals surface area contributed by atoms with Crippen molar-refractivity contribution in [3.8, 4) is 0 Å². The number of halogens is 6. The summed E-state index contributed by atoms with van der Waals surface area (Å²) >= 11 is 0. The summed E-state index contributed by atoms with van der Waals surface area (Å²) in [6, 6.07) is 0. The van der Waals surface area contributed by atoms with Crippen LogP contribution in [0, 0.1) is 0 Å². The maximum absolute atomic E-state index is 11.2. The van der Waals surface area contributed by atoms with Gasteiger partial charge in [-0.1, -0.05) is 0 Å². The molecule has 0 unspecified atom stereocenters. The third-order valence-corrected chi connectivity index (χ3v) is 0.583. The van der Waals surface area contributed by atoms with Crippen molar-refractivity contribution in [3.63, 3.8) is 0 Å². The van der Waals surface area contributed by atoms with Crippen LogP contribution >= 0.6 is 0 Å². The molecule has 0 nitrogen and oxygen atoms in total. The second-order valence-corrected chi connectivity index (χ2v) is 1.34. The quantitative estimate of drug-likeness (QED) is 0.464. The molecule has 0 aromatic heterocycles. The van der Waals surface area contributed by atoms with E-state index in [0.717, 1.165) is 0 Å². The van der Waals surface area contributed by atoms with Crippen LogP contribution in [0.5, 0.6) is 0 Å². The Bertz CT molecular complexity index is 98.5. The molecule has 0 aliphatic rings. The van der Waals surface area contributed by atoms with Gasteiger partial charge in [-0.3, -0.25) is 0 Å². The summed E-state index contributed by atoms with van der Waals surface area (Å²) in [7, 11) is 0. The van der Waals surface area contributed by atoms with Gasteiger partial charge < -0.3 is 0 Å². The van der Waals surface area contributed by atoms with Gasteiger partial charge >= 0.3 is 115 Å². The second kappa shape index (κ2) is 7.18. The molecule has 0 aromatic rings. The second-order valence-electron chi connectivity index (χ2n) is 1.34. The van der Waals surface area contributed by atoms with Gasteiger partial charge in [-0.25, -0.2) is 4.39 Å². The SMILES string of the molecule is FCC(F)(F)C(F)(F)F.[KH].[KH]. The molecule has 0 spiro atoms.